The molecule has 0 bridgehead atoms. The van der Waals surface area contributed by atoms with Gasteiger partial charge in [-0.05, 0) is 42.9 Å². The van der Waals surface area contributed by atoms with Gasteiger partial charge in [0.15, 0.2) is 0 Å². The van der Waals surface area contributed by atoms with Crippen molar-refractivity contribution in [2.24, 2.45) is 17.8 Å². The second-order valence-corrected chi connectivity index (χ2v) is 6.23. The lowest BCUT2D eigenvalue weighted by atomic mass is 9.95. The maximum absolute atomic E-state index is 12.2. The van der Waals surface area contributed by atoms with Gasteiger partial charge in [-0.1, -0.05) is 30.7 Å². The van der Waals surface area contributed by atoms with Crippen LogP contribution in [0, 0.1) is 17.8 Å². The molecule has 1 fully saturated rings. The smallest absolute Gasteiger partial charge is 0.307 e. The quantitative estimate of drug-likeness (QED) is 0.879. The van der Waals surface area contributed by atoms with Crippen molar-refractivity contribution >= 4 is 23.5 Å². The second kappa shape index (κ2) is 6.94. The summed E-state index contributed by atoms with van der Waals surface area (Å²) in [5.41, 5.74) is 1.09. The van der Waals surface area contributed by atoms with E-state index in [1.165, 1.54) is 0 Å². The van der Waals surface area contributed by atoms with Crippen molar-refractivity contribution in [1.82, 2.24) is 5.32 Å². The Bertz CT molecular complexity index is 515. The average molecular weight is 310 g/mol. The maximum atomic E-state index is 12.2. The Morgan fingerprint density at radius 2 is 1.86 bits per heavy atom. The highest BCUT2D eigenvalue weighted by Gasteiger charge is 2.40. The van der Waals surface area contributed by atoms with Gasteiger partial charge in [0, 0.05) is 11.6 Å². The van der Waals surface area contributed by atoms with Crippen LogP contribution >= 0.6 is 11.6 Å². The van der Waals surface area contributed by atoms with E-state index in [2.05, 4.69) is 5.32 Å². The minimum Gasteiger partial charge on any atom is -0.481 e. The molecule has 3 atom stereocenters. The van der Waals surface area contributed by atoms with Crippen molar-refractivity contribution < 1.29 is 14.7 Å². The number of hydrogen-bond acceptors (Lipinski definition) is 2. The predicted octanol–water partition coefficient (Wildman–Crippen LogP) is 2.75. The van der Waals surface area contributed by atoms with E-state index in [-0.39, 0.29) is 11.8 Å². The molecule has 1 unspecified atom stereocenters. The van der Waals surface area contributed by atoms with Gasteiger partial charge in [-0.25, -0.2) is 0 Å². The number of carbonyl (C=O) groups is 2. The van der Waals surface area contributed by atoms with E-state index in [1.807, 2.05) is 31.2 Å². The maximum Gasteiger partial charge on any atom is 0.307 e. The van der Waals surface area contributed by atoms with Gasteiger partial charge in [0.2, 0.25) is 5.91 Å². The zero-order valence-corrected chi connectivity index (χ0v) is 12.8. The van der Waals surface area contributed by atoms with Gasteiger partial charge in [0.25, 0.3) is 0 Å². The summed E-state index contributed by atoms with van der Waals surface area (Å²) in [6.07, 6.45) is 1.96. The molecule has 1 aromatic rings. The van der Waals surface area contributed by atoms with Crippen molar-refractivity contribution in [2.75, 3.05) is 6.54 Å². The molecule has 4 nitrogen and oxygen atoms in total. The highest BCUT2D eigenvalue weighted by Crippen LogP contribution is 2.36. The Balaban J connectivity index is 1.84. The largest absolute Gasteiger partial charge is 0.481 e. The summed E-state index contributed by atoms with van der Waals surface area (Å²) in [5, 5.41) is 12.7. The van der Waals surface area contributed by atoms with Crippen molar-refractivity contribution in [3.05, 3.63) is 34.9 Å². The van der Waals surface area contributed by atoms with E-state index in [0.29, 0.717) is 30.8 Å². The van der Waals surface area contributed by atoms with Crippen molar-refractivity contribution in [1.29, 1.82) is 0 Å². The Hall–Kier alpha value is -1.55. The molecule has 0 saturated heterocycles. The topological polar surface area (TPSA) is 66.4 Å². The number of nitrogens with one attached hydrogen (secondary N) is 1. The fourth-order valence-corrected chi connectivity index (χ4v) is 3.09. The van der Waals surface area contributed by atoms with E-state index in [9.17, 15) is 14.7 Å². The number of carboxylic acid groups (broad SMARTS) is 1. The van der Waals surface area contributed by atoms with Crippen molar-refractivity contribution in [3.8, 4) is 0 Å². The molecule has 0 heterocycles. The van der Waals surface area contributed by atoms with Crippen molar-refractivity contribution in [3.63, 3.8) is 0 Å². The third-order valence-corrected chi connectivity index (χ3v) is 4.33. The Labute approximate surface area is 129 Å². The molecule has 1 aliphatic carbocycles. The number of aliphatic carboxylic acids is 1. The first-order valence-corrected chi connectivity index (χ1v) is 7.60. The summed E-state index contributed by atoms with van der Waals surface area (Å²) in [6, 6.07) is 7.48. The molecule has 0 aliphatic heterocycles. The normalized spacial score (nSPS) is 24.8. The molecule has 1 saturated carbocycles. The number of halogens is 1. The van der Waals surface area contributed by atoms with E-state index in [4.69, 9.17) is 11.6 Å². The summed E-state index contributed by atoms with van der Waals surface area (Å²) < 4.78 is 0. The van der Waals surface area contributed by atoms with Gasteiger partial charge in [0.1, 0.15) is 0 Å². The lowest BCUT2D eigenvalue weighted by molar-refractivity contribution is -0.146. The summed E-state index contributed by atoms with van der Waals surface area (Å²) >= 11 is 5.82. The van der Waals surface area contributed by atoms with Crippen molar-refractivity contribution in [2.45, 2.75) is 26.2 Å². The van der Waals surface area contributed by atoms with E-state index in [1.54, 1.807) is 0 Å². The van der Waals surface area contributed by atoms with Gasteiger partial charge in [-0.3, -0.25) is 9.59 Å². The highest BCUT2D eigenvalue weighted by molar-refractivity contribution is 6.30. The Morgan fingerprint density at radius 3 is 2.48 bits per heavy atom. The molecule has 0 aromatic heterocycles. The molecule has 114 valence electrons. The molecule has 0 radical (unpaired) electrons. The van der Waals surface area contributed by atoms with E-state index >= 15 is 0 Å². The Kier molecular flexibility index (Phi) is 5.23. The number of amides is 1. The molecular formula is C16H20ClNO3. The molecule has 5 heteroatoms. The van der Waals surface area contributed by atoms with Gasteiger partial charge in [-0.15, -0.1) is 0 Å². The van der Waals surface area contributed by atoms with Crippen LogP contribution in [0.2, 0.25) is 5.02 Å². The van der Waals surface area contributed by atoms with Gasteiger partial charge < -0.3 is 10.4 Å². The van der Waals surface area contributed by atoms with Crippen LogP contribution in [0.15, 0.2) is 24.3 Å². The van der Waals surface area contributed by atoms with Crippen LogP contribution in [0.25, 0.3) is 0 Å². The third kappa shape index (κ3) is 4.21. The van der Waals surface area contributed by atoms with Gasteiger partial charge in [-0.2, -0.15) is 0 Å². The summed E-state index contributed by atoms with van der Waals surface area (Å²) in [6.45, 7) is 2.51. The Morgan fingerprint density at radius 1 is 1.24 bits per heavy atom. The molecule has 0 spiro atoms. The zero-order valence-electron chi connectivity index (χ0n) is 12.0. The van der Waals surface area contributed by atoms with Crippen LogP contribution in [-0.4, -0.2) is 23.5 Å². The molecule has 2 rings (SSSR count). The zero-order chi connectivity index (χ0) is 15.4. The minimum absolute atomic E-state index is 0.138. The van der Waals surface area contributed by atoms with Crippen LogP contribution < -0.4 is 5.32 Å². The molecule has 1 amide bonds. The molecule has 21 heavy (non-hydrogen) atoms. The minimum atomic E-state index is -0.864. The molecule has 1 aromatic carbocycles. The fourth-order valence-electron chi connectivity index (χ4n) is 2.97. The predicted molar refractivity (Wildman–Crippen MR) is 81.2 cm³/mol. The van der Waals surface area contributed by atoms with Crippen LogP contribution in [0.5, 0.6) is 0 Å². The first-order valence-electron chi connectivity index (χ1n) is 7.22. The van der Waals surface area contributed by atoms with Gasteiger partial charge >= 0.3 is 5.97 Å². The average Bonchev–Trinajstić information content (AvgIpc) is 2.83. The van der Waals surface area contributed by atoms with Crippen LogP contribution in [0.1, 0.15) is 25.3 Å². The monoisotopic (exact) mass is 309 g/mol. The standard InChI is InChI=1S/C16H20ClNO3/c1-10-8-13(14(9-10)16(20)21)15(19)18-7-6-11-2-4-12(17)5-3-11/h2-5,10,13-14H,6-9H2,1H3,(H,18,19)(H,20,21)/t10?,13-,14+/m0/s1. The fraction of sp³-hybridized carbons (Fsp3) is 0.500. The van der Waals surface area contributed by atoms with Crippen LogP contribution in [-0.2, 0) is 16.0 Å². The highest BCUT2D eigenvalue weighted by atomic mass is 35.5. The number of benzene rings is 1. The van der Waals surface area contributed by atoms with Gasteiger partial charge in [0.05, 0.1) is 11.8 Å². The molecule has 1 aliphatic rings. The lowest BCUT2D eigenvalue weighted by Gasteiger charge is -2.15. The number of rotatable bonds is 5. The van der Waals surface area contributed by atoms with E-state index in [0.717, 1.165) is 5.56 Å². The summed E-state index contributed by atoms with van der Waals surface area (Å²) in [7, 11) is 0. The molecule has 2 N–H and O–H groups in total. The summed E-state index contributed by atoms with van der Waals surface area (Å²) in [5.74, 6) is -1.66. The number of hydrogen-bond donors (Lipinski definition) is 2. The van der Waals surface area contributed by atoms with E-state index < -0.39 is 17.8 Å². The first kappa shape index (κ1) is 15.8. The number of carbonyl (C=O) groups excluding carboxylic acids is 1. The first-order chi connectivity index (χ1) is 9.97. The molecular weight excluding hydrogens is 290 g/mol. The SMILES string of the molecule is CC1C[C@H](C(=O)NCCc2ccc(Cl)cc2)[C@H](C(=O)O)C1. The van der Waals surface area contributed by atoms with Crippen LogP contribution in [0.3, 0.4) is 0 Å². The number of carboxylic acids is 1. The lowest BCUT2D eigenvalue weighted by Crippen LogP contribution is -2.36. The van der Waals surface area contributed by atoms with Crippen LogP contribution in [0.4, 0.5) is 0 Å². The summed E-state index contributed by atoms with van der Waals surface area (Å²) in [4.78, 5) is 23.4. The third-order valence-electron chi connectivity index (χ3n) is 4.08. The second-order valence-electron chi connectivity index (χ2n) is 5.80.